The molecule has 0 saturated carbocycles. The van der Waals surface area contributed by atoms with Gasteiger partial charge in [0.05, 0.1) is 35.0 Å². The Bertz CT molecular complexity index is 918. The van der Waals surface area contributed by atoms with Gasteiger partial charge in [0, 0.05) is 30.9 Å². The Morgan fingerprint density at radius 3 is 2.84 bits per heavy atom. The zero-order valence-corrected chi connectivity index (χ0v) is 14.8. The van der Waals surface area contributed by atoms with Gasteiger partial charge in [0.25, 0.3) is 0 Å². The van der Waals surface area contributed by atoms with E-state index in [4.69, 9.17) is 4.74 Å². The Kier molecular flexibility index (Phi) is 4.42. The predicted molar refractivity (Wildman–Crippen MR) is 96.5 cm³/mol. The summed E-state index contributed by atoms with van der Waals surface area (Å²) in [6, 6.07) is 6.09. The summed E-state index contributed by atoms with van der Waals surface area (Å²) < 4.78 is 5.29. The highest BCUT2D eigenvalue weighted by Gasteiger charge is 2.18. The molecule has 128 valence electrons. The first-order chi connectivity index (χ1) is 12.2. The molecule has 1 aromatic carbocycles. The maximum atomic E-state index is 12.4. The number of hydrogen-bond acceptors (Lipinski definition) is 6. The lowest BCUT2D eigenvalue weighted by Crippen LogP contribution is -2.41. The zero-order chi connectivity index (χ0) is 17.2. The van der Waals surface area contributed by atoms with Crippen molar-refractivity contribution in [2.75, 3.05) is 26.3 Å². The van der Waals surface area contributed by atoms with Crippen LogP contribution in [0.5, 0.6) is 0 Å². The number of fused-ring (bicyclic) bond motifs is 1. The van der Waals surface area contributed by atoms with E-state index in [2.05, 4.69) is 21.0 Å². The minimum atomic E-state index is 0.0527. The van der Waals surface area contributed by atoms with Gasteiger partial charge in [0.15, 0.2) is 0 Å². The third-order valence-electron chi connectivity index (χ3n) is 4.21. The monoisotopic (exact) mass is 354 g/mol. The molecule has 3 heterocycles. The van der Waals surface area contributed by atoms with E-state index in [1.54, 1.807) is 17.5 Å². The first kappa shape index (κ1) is 16.1. The smallest absolute Gasteiger partial charge is 0.230 e. The van der Waals surface area contributed by atoms with E-state index in [0.29, 0.717) is 32.1 Å². The SMILES string of the molecule is Cc1ncc(-c2ccc3cnc(CC(=O)N4CCOCC4)nc3c2)s1. The Morgan fingerprint density at radius 1 is 1.24 bits per heavy atom. The fourth-order valence-electron chi connectivity index (χ4n) is 2.85. The predicted octanol–water partition coefficient (Wildman–Crippen LogP) is 2.46. The summed E-state index contributed by atoms with van der Waals surface area (Å²) >= 11 is 1.66. The van der Waals surface area contributed by atoms with Crippen LogP contribution in [0.25, 0.3) is 21.3 Å². The van der Waals surface area contributed by atoms with Crippen molar-refractivity contribution >= 4 is 28.1 Å². The number of hydrogen-bond donors (Lipinski definition) is 0. The highest BCUT2D eigenvalue weighted by atomic mass is 32.1. The summed E-state index contributed by atoms with van der Waals surface area (Å²) in [7, 11) is 0. The number of aryl methyl sites for hydroxylation is 1. The van der Waals surface area contributed by atoms with Crippen LogP contribution in [0.4, 0.5) is 0 Å². The number of nitrogens with zero attached hydrogens (tertiary/aromatic N) is 4. The zero-order valence-electron chi connectivity index (χ0n) is 13.9. The molecule has 1 amide bonds. The highest BCUT2D eigenvalue weighted by molar-refractivity contribution is 7.15. The van der Waals surface area contributed by atoms with Gasteiger partial charge in [-0.25, -0.2) is 15.0 Å². The second kappa shape index (κ2) is 6.85. The maximum Gasteiger partial charge on any atom is 0.230 e. The van der Waals surface area contributed by atoms with Crippen LogP contribution in [0.15, 0.2) is 30.6 Å². The van der Waals surface area contributed by atoms with Crippen LogP contribution in [-0.2, 0) is 16.0 Å². The van der Waals surface area contributed by atoms with Gasteiger partial charge in [-0.3, -0.25) is 4.79 Å². The number of morpholine rings is 1. The van der Waals surface area contributed by atoms with Crippen molar-refractivity contribution in [2.24, 2.45) is 0 Å². The lowest BCUT2D eigenvalue weighted by atomic mass is 10.1. The number of aromatic nitrogens is 3. The van der Waals surface area contributed by atoms with E-state index >= 15 is 0 Å². The van der Waals surface area contributed by atoms with Crippen LogP contribution >= 0.6 is 11.3 Å². The minimum absolute atomic E-state index is 0.0527. The van der Waals surface area contributed by atoms with Crippen LogP contribution in [0.2, 0.25) is 0 Å². The number of thiazole rings is 1. The average Bonchev–Trinajstić information content (AvgIpc) is 3.08. The topological polar surface area (TPSA) is 68.2 Å². The molecular weight excluding hydrogens is 336 g/mol. The number of ether oxygens (including phenoxy) is 1. The van der Waals surface area contributed by atoms with Gasteiger partial charge < -0.3 is 9.64 Å². The molecule has 4 rings (SSSR count). The maximum absolute atomic E-state index is 12.4. The molecule has 1 fully saturated rings. The van der Waals surface area contributed by atoms with Crippen molar-refractivity contribution in [3.8, 4) is 10.4 Å². The fourth-order valence-corrected chi connectivity index (χ4v) is 3.63. The third-order valence-corrected chi connectivity index (χ3v) is 5.17. The summed E-state index contributed by atoms with van der Waals surface area (Å²) in [6.45, 7) is 4.47. The van der Waals surface area contributed by atoms with Gasteiger partial charge in [-0.2, -0.15) is 0 Å². The molecule has 6 nitrogen and oxygen atoms in total. The molecule has 1 saturated heterocycles. The number of rotatable bonds is 3. The first-order valence-corrected chi connectivity index (χ1v) is 9.05. The molecule has 3 aromatic rings. The van der Waals surface area contributed by atoms with Crippen molar-refractivity contribution in [3.05, 3.63) is 41.4 Å². The molecular formula is C18H18N4O2S. The molecule has 0 radical (unpaired) electrons. The average molecular weight is 354 g/mol. The first-order valence-electron chi connectivity index (χ1n) is 8.23. The van der Waals surface area contributed by atoms with E-state index in [9.17, 15) is 4.79 Å². The molecule has 1 aliphatic rings. The van der Waals surface area contributed by atoms with E-state index in [1.165, 1.54) is 0 Å². The van der Waals surface area contributed by atoms with Crippen LogP contribution in [-0.4, -0.2) is 52.1 Å². The second-order valence-electron chi connectivity index (χ2n) is 5.97. The number of benzene rings is 1. The quantitative estimate of drug-likeness (QED) is 0.723. The number of amides is 1. The van der Waals surface area contributed by atoms with Crippen molar-refractivity contribution in [3.63, 3.8) is 0 Å². The molecule has 0 aliphatic carbocycles. The van der Waals surface area contributed by atoms with Crippen LogP contribution in [0.1, 0.15) is 10.8 Å². The fraction of sp³-hybridized carbons (Fsp3) is 0.333. The second-order valence-corrected chi connectivity index (χ2v) is 7.21. The van der Waals surface area contributed by atoms with Gasteiger partial charge in [-0.15, -0.1) is 11.3 Å². The summed E-state index contributed by atoms with van der Waals surface area (Å²) in [4.78, 5) is 28.6. The summed E-state index contributed by atoms with van der Waals surface area (Å²) in [5, 5.41) is 2.00. The normalized spacial score (nSPS) is 14.8. The highest BCUT2D eigenvalue weighted by Crippen LogP contribution is 2.28. The molecule has 0 bridgehead atoms. The molecule has 1 aliphatic heterocycles. The lowest BCUT2D eigenvalue weighted by molar-refractivity contribution is -0.134. The molecule has 7 heteroatoms. The summed E-state index contributed by atoms with van der Waals surface area (Å²) in [6.07, 6.45) is 3.89. The van der Waals surface area contributed by atoms with Crippen molar-refractivity contribution in [1.82, 2.24) is 19.9 Å². The molecule has 0 unspecified atom stereocenters. The lowest BCUT2D eigenvalue weighted by Gasteiger charge is -2.26. The standard InChI is InChI=1S/C18H18N4O2S/c1-12-19-11-16(25-12)13-2-3-14-10-20-17(21-15(14)8-13)9-18(23)22-4-6-24-7-5-22/h2-3,8,10-11H,4-7,9H2,1H3. The molecule has 2 aromatic heterocycles. The van der Waals surface area contributed by atoms with E-state index in [0.717, 1.165) is 26.4 Å². The van der Waals surface area contributed by atoms with Gasteiger partial charge in [0.2, 0.25) is 5.91 Å². The van der Waals surface area contributed by atoms with Gasteiger partial charge in [-0.1, -0.05) is 12.1 Å². The third kappa shape index (κ3) is 3.52. The Balaban J connectivity index is 1.59. The summed E-state index contributed by atoms with van der Waals surface area (Å²) in [5.41, 5.74) is 1.94. The van der Waals surface area contributed by atoms with Gasteiger partial charge in [-0.05, 0) is 18.6 Å². The molecule has 25 heavy (non-hydrogen) atoms. The van der Waals surface area contributed by atoms with E-state index < -0.39 is 0 Å². The molecule has 0 spiro atoms. The Labute approximate surface area is 149 Å². The number of carbonyl (C=O) groups is 1. The van der Waals surface area contributed by atoms with E-state index in [-0.39, 0.29) is 12.3 Å². The molecule has 0 N–H and O–H groups in total. The van der Waals surface area contributed by atoms with Crippen LogP contribution in [0.3, 0.4) is 0 Å². The number of carbonyl (C=O) groups excluding carboxylic acids is 1. The van der Waals surface area contributed by atoms with E-state index in [1.807, 2.05) is 30.2 Å². The van der Waals surface area contributed by atoms with Gasteiger partial charge >= 0.3 is 0 Å². The van der Waals surface area contributed by atoms with Gasteiger partial charge in [0.1, 0.15) is 5.82 Å². The largest absolute Gasteiger partial charge is 0.378 e. The minimum Gasteiger partial charge on any atom is -0.378 e. The van der Waals surface area contributed by atoms with Crippen molar-refractivity contribution < 1.29 is 9.53 Å². The van der Waals surface area contributed by atoms with Crippen LogP contribution in [0, 0.1) is 6.92 Å². The summed E-state index contributed by atoms with van der Waals surface area (Å²) in [5.74, 6) is 0.610. The Hall–Kier alpha value is -2.38. The van der Waals surface area contributed by atoms with Crippen molar-refractivity contribution in [1.29, 1.82) is 0 Å². The van der Waals surface area contributed by atoms with Crippen LogP contribution < -0.4 is 0 Å². The van der Waals surface area contributed by atoms with Crippen molar-refractivity contribution in [2.45, 2.75) is 13.3 Å². The Morgan fingerprint density at radius 2 is 2.08 bits per heavy atom. The molecule has 0 atom stereocenters.